The zero-order valence-corrected chi connectivity index (χ0v) is 14.6. The van der Waals surface area contributed by atoms with Gasteiger partial charge in [-0.15, -0.1) is 0 Å². The van der Waals surface area contributed by atoms with Crippen molar-refractivity contribution in [1.29, 1.82) is 0 Å². The molecule has 1 aromatic rings. The van der Waals surface area contributed by atoms with Crippen molar-refractivity contribution in [3.05, 3.63) is 33.8 Å². The first-order valence-corrected chi connectivity index (χ1v) is 8.30. The van der Waals surface area contributed by atoms with Crippen molar-refractivity contribution >= 4 is 15.9 Å². The van der Waals surface area contributed by atoms with Crippen LogP contribution >= 0.6 is 15.9 Å². The Morgan fingerprint density at radius 3 is 2.21 bits per heavy atom. The van der Waals surface area contributed by atoms with E-state index in [0.717, 1.165) is 12.3 Å². The van der Waals surface area contributed by atoms with Crippen LogP contribution in [0.5, 0.6) is 0 Å². The van der Waals surface area contributed by atoms with Crippen molar-refractivity contribution in [2.75, 3.05) is 0 Å². The van der Waals surface area contributed by atoms with Gasteiger partial charge in [-0.25, -0.2) is 0 Å². The van der Waals surface area contributed by atoms with Gasteiger partial charge < -0.3 is 0 Å². The maximum Gasteiger partial charge on any atom is 0.0178 e. The van der Waals surface area contributed by atoms with Gasteiger partial charge in [-0.3, -0.25) is 0 Å². The number of hydrogen-bond acceptors (Lipinski definition) is 0. The molecule has 0 spiro atoms. The number of hydrogen-bond donors (Lipinski definition) is 0. The molecular weight excluding hydrogens is 296 g/mol. The fourth-order valence-electron chi connectivity index (χ4n) is 4.34. The van der Waals surface area contributed by atoms with Gasteiger partial charge in [0.15, 0.2) is 0 Å². The summed E-state index contributed by atoms with van der Waals surface area (Å²) in [6.07, 6.45) is 5.12. The Balaban J connectivity index is 2.35. The van der Waals surface area contributed by atoms with Crippen molar-refractivity contribution in [3.8, 4) is 0 Å². The van der Waals surface area contributed by atoms with E-state index in [9.17, 15) is 0 Å². The second-order valence-corrected chi connectivity index (χ2v) is 8.72. The standard InChI is InChI=1S/C18H27Br/c1-6-13-9-15(19)7-8-16(13)14-10-17(2,3)12-18(4,5)11-14/h7-9,14H,6,10-12H2,1-5H3. The van der Waals surface area contributed by atoms with Crippen molar-refractivity contribution in [2.24, 2.45) is 10.8 Å². The van der Waals surface area contributed by atoms with Crippen LogP contribution in [0.15, 0.2) is 22.7 Å². The van der Waals surface area contributed by atoms with Crippen molar-refractivity contribution in [3.63, 3.8) is 0 Å². The fraction of sp³-hybridized carbons (Fsp3) is 0.667. The molecule has 0 aliphatic heterocycles. The van der Waals surface area contributed by atoms with Crippen LogP contribution in [-0.4, -0.2) is 0 Å². The molecule has 0 heterocycles. The highest BCUT2D eigenvalue weighted by molar-refractivity contribution is 9.10. The summed E-state index contributed by atoms with van der Waals surface area (Å²) >= 11 is 3.61. The van der Waals surface area contributed by atoms with Crippen molar-refractivity contribution in [1.82, 2.24) is 0 Å². The summed E-state index contributed by atoms with van der Waals surface area (Å²) in [5.74, 6) is 0.724. The molecule has 0 radical (unpaired) electrons. The van der Waals surface area contributed by atoms with E-state index < -0.39 is 0 Å². The molecule has 1 aliphatic rings. The van der Waals surface area contributed by atoms with Crippen molar-refractivity contribution < 1.29 is 0 Å². The quantitative estimate of drug-likeness (QED) is 0.596. The smallest absolute Gasteiger partial charge is 0.0178 e. The molecule has 1 aliphatic carbocycles. The highest BCUT2D eigenvalue weighted by atomic mass is 79.9. The summed E-state index contributed by atoms with van der Waals surface area (Å²) in [5.41, 5.74) is 4.04. The maximum atomic E-state index is 3.61. The molecular formula is C18H27Br. The van der Waals surface area contributed by atoms with Gasteiger partial charge in [0.2, 0.25) is 0 Å². The lowest BCUT2D eigenvalue weighted by Gasteiger charge is -2.45. The lowest BCUT2D eigenvalue weighted by atomic mass is 9.60. The van der Waals surface area contributed by atoms with E-state index in [-0.39, 0.29) is 0 Å². The SMILES string of the molecule is CCc1cc(Br)ccc1C1CC(C)(C)CC(C)(C)C1. The summed E-state index contributed by atoms with van der Waals surface area (Å²) in [5, 5.41) is 0. The molecule has 106 valence electrons. The zero-order chi connectivity index (χ0) is 14.3. The van der Waals surface area contributed by atoms with Gasteiger partial charge in [-0.05, 0) is 65.7 Å². The molecule has 1 aromatic carbocycles. The van der Waals surface area contributed by atoms with Crippen LogP contribution in [-0.2, 0) is 6.42 Å². The van der Waals surface area contributed by atoms with Crippen LogP contribution in [0.2, 0.25) is 0 Å². The summed E-state index contributed by atoms with van der Waals surface area (Å²) < 4.78 is 1.21. The van der Waals surface area contributed by atoms with E-state index >= 15 is 0 Å². The number of aryl methyl sites for hydroxylation is 1. The monoisotopic (exact) mass is 322 g/mol. The second kappa shape index (κ2) is 5.24. The van der Waals surface area contributed by atoms with Crippen LogP contribution in [0, 0.1) is 10.8 Å². The predicted molar refractivity (Wildman–Crippen MR) is 87.7 cm³/mol. The summed E-state index contributed by atoms with van der Waals surface area (Å²) in [6.45, 7) is 12.0. The minimum Gasteiger partial charge on any atom is -0.0613 e. The normalized spacial score (nSPS) is 22.4. The Labute approximate surface area is 127 Å². The second-order valence-electron chi connectivity index (χ2n) is 7.81. The highest BCUT2D eigenvalue weighted by Gasteiger charge is 2.39. The Hall–Kier alpha value is -0.300. The fourth-order valence-corrected chi connectivity index (χ4v) is 4.75. The minimum absolute atomic E-state index is 0.463. The molecule has 1 fully saturated rings. The van der Waals surface area contributed by atoms with Crippen molar-refractivity contribution in [2.45, 2.75) is 66.2 Å². The van der Waals surface area contributed by atoms with Gasteiger partial charge in [-0.1, -0.05) is 56.6 Å². The molecule has 0 bridgehead atoms. The predicted octanol–water partition coefficient (Wildman–Crippen LogP) is 6.33. The van der Waals surface area contributed by atoms with E-state index in [2.05, 4.69) is 68.7 Å². The van der Waals surface area contributed by atoms with Crippen LogP contribution in [0.4, 0.5) is 0 Å². The Bertz CT molecular complexity index is 441. The first-order valence-electron chi connectivity index (χ1n) is 7.51. The van der Waals surface area contributed by atoms with E-state index in [1.54, 1.807) is 5.56 Å². The van der Waals surface area contributed by atoms with Gasteiger partial charge in [-0.2, -0.15) is 0 Å². The molecule has 0 atom stereocenters. The minimum atomic E-state index is 0.463. The summed E-state index contributed by atoms with van der Waals surface area (Å²) in [4.78, 5) is 0. The third kappa shape index (κ3) is 3.62. The molecule has 1 saturated carbocycles. The Morgan fingerprint density at radius 1 is 1.11 bits per heavy atom. The van der Waals surface area contributed by atoms with E-state index in [0.29, 0.717) is 10.8 Å². The number of halogens is 1. The largest absolute Gasteiger partial charge is 0.0613 e. The summed E-state index contributed by atoms with van der Waals surface area (Å²) in [6, 6.07) is 6.87. The molecule has 0 unspecified atom stereocenters. The Morgan fingerprint density at radius 2 is 1.68 bits per heavy atom. The molecule has 2 rings (SSSR count). The number of rotatable bonds is 2. The van der Waals surface area contributed by atoms with Crippen LogP contribution in [0.25, 0.3) is 0 Å². The maximum absolute atomic E-state index is 3.61. The summed E-state index contributed by atoms with van der Waals surface area (Å²) in [7, 11) is 0. The lowest BCUT2D eigenvalue weighted by Crippen LogP contribution is -2.33. The van der Waals surface area contributed by atoms with Crippen LogP contribution in [0.3, 0.4) is 0 Å². The average Bonchev–Trinajstić information content (AvgIpc) is 2.24. The Kier molecular flexibility index (Phi) is 4.16. The molecule has 0 saturated heterocycles. The zero-order valence-electron chi connectivity index (χ0n) is 13.0. The average molecular weight is 323 g/mol. The number of benzene rings is 1. The highest BCUT2D eigenvalue weighted by Crippen LogP contribution is 2.52. The lowest BCUT2D eigenvalue weighted by molar-refractivity contribution is 0.0966. The molecule has 1 heteroatoms. The first kappa shape index (κ1) is 15.1. The molecule has 0 aromatic heterocycles. The van der Waals surface area contributed by atoms with E-state index in [1.807, 2.05) is 0 Å². The van der Waals surface area contributed by atoms with Gasteiger partial charge in [0, 0.05) is 4.47 Å². The molecule has 0 nitrogen and oxygen atoms in total. The van der Waals surface area contributed by atoms with Crippen LogP contribution < -0.4 is 0 Å². The van der Waals surface area contributed by atoms with Gasteiger partial charge in [0.25, 0.3) is 0 Å². The molecule has 19 heavy (non-hydrogen) atoms. The topological polar surface area (TPSA) is 0 Å². The van der Waals surface area contributed by atoms with E-state index in [1.165, 1.54) is 29.3 Å². The molecule has 0 amide bonds. The third-order valence-electron chi connectivity index (χ3n) is 4.48. The third-order valence-corrected chi connectivity index (χ3v) is 4.97. The van der Waals surface area contributed by atoms with Gasteiger partial charge in [0.05, 0.1) is 0 Å². The first-order chi connectivity index (χ1) is 8.72. The van der Waals surface area contributed by atoms with Crippen LogP contribution in [0.1, 0.15) is 70.9 Å². The molecule has 0 N–H and O–H groups in total. The van der Waals surface area contributed by atoms with Gasteiger partial charge in [0.1, 0.15) is 0 Å². The van der Waals surface area contributed by atoms with Gasteiger partial charge >= 0.3 is 0 Å². The van der Waals surface area contributed by atoms with E-state index in [4.69, 9.17) is 0 Å².